The van der Waals surface area contributed by atoms with Gasteiger partial charge in [0.2, 0.25) is 5.91 Å². The van der Waals surface area contributed by atoms with Gasteiger partial charge in [-0.1, -0.05) is 46.6 Å². The van der Waals surface area contributed by atoms with Crippen LogP contribution in [-0.2, 0) is 11.2 Å². The summed E-state index contributed by atoms with van der Waals surface area (Å²) < 4.78 is 0. The van der Waals surface area contributed by atoms with E-state index in [1.165, 1.54) is 0 Å². The molecule has 1 heterocycles. The van der Waals surface area contributed by atoms with Crippen molar-refractivity contribution in [2.75, 3.05) is 11.9 Å². The summed E-state index contributed by atoms with van der Waals surface area (Å²) in [5.74, 6) is 0.796. The van der Waals surface area contributed by atoms with E-state index in [1.807, 2.05) is 29.2 Å². The summed E-state index contributed by atoms with van der Waals surface area (Å²) in [7, 11) is 0. The molecule has 2 atom stereocenters. The van der Waals surface area contributed by atoms with Gasteiger partial charge in [0.05, 0.1) is 6.42 Å². The predicted octanol–water partition coefficient (Wildman–Crippen LogP) is 3.51. The van der Waals surface area contributed by atoms with E-state index in [0.29, 0.717) is 23.4 Å². The minimum absolute atomic E-state index is 0.214. The fourth-order valence-electron chi connectivity index (χ4n) is 2.43. The normalized spacial score (nSPS) is 23.4. The number of hydrogen-bond acceptors (Lipinski definition) is 1. The minimum atomic E-state index is 0.214. The van der Waals surface area contributed by atoms with Gasteiger partial charge in [0.25, 0.3) is 0 Å². The number of carbonyl (C=O) groups excluding carboxylic acids is 1. The molecule has 0 spiro atoms. The first kappa shape index (κ1) is 13.9. The van der Waals surface area contributed by atoms with Gasteiger partial charge in [0.15, 0.2) is 0 Å². The van der Waals surface area contributed by atoms with Crippen LogP contribution in [0.15, 0.2) is 24.3 Å². The van der Waals surface area contributed by atoms with Gasteiger partial charge in [-0.3, -0.25) is 4.79 Å². The monoisotopic (exact) mass is 329 g/mol. The summed E-state index contributed by atoms with van der Waals surface area (Å²) in [6.07, 6.45) is 1.57. The van der Waals surface area contributed by atoms with Crippen LogP contribution < -0.4 is 0 Å². The van der Waals surface area contributed by atoms with Crippen LogP contribution in [0.2, 0.25) is 5.02 Å². The molecule has 98 valence electrons. The third kappa shape index (κ3) is 3.07. The van der Waals surface area contributed by atoms with Crippen LogP contribution in [0.1, 0.15) is 18.9 Å². The lowest BCUT2D eigenvalue weighted by atomic mass is 10.0. The van der Waals surface area contributed by atoms with Gasteiger partial charge < -0.3 is 4.90 Å². The molecule has 1 amide bonds. The summed E-state index contributed by atoms with van der Waals surface area (Å²) in [6.45, 7) is 3.09. The molecule has 2 unspecified atom stereocenters. The minimum Gasteiger partial charge on any atom is -0.338 e. The third-order valence-electron chi connectivity index (χ3n) is 3.63. The number of rotatable bonds is 3. The maximum Gasteiger partial charge on any atom is 0.227 e. The first-order chi connectivity index (χ1) is 8.61. The van der Waals surface area contributed by atoms with Crippen molar-refractivity contribution in [3.05, 3.63) is 34.9 Å². The highest BCUT2D eigenvalue weighted by Gasteiger charge is 2.33. The zero-order chi connectivity index (χ0) is 13.1. The maximum absolute atomic E-state index is 12.3. The quantitative estimate of drug-likeness (QED) is 0.777. The van der Waals surface area contributed by atoms with E-state index in [1.54, 1.807) is 0 Å². The number of carbonyl (C=O) groups is 1. The first-order valence-corrected chi connectivity index (χ1v) is 7.71. The molecule has 0 aliphatic carbocycles. The van der Waals surface area contributed by atoms with Crippen LogP contribution in [0.4, 0.5) is 0 Å². The Morgan fingerprint density at radius 2 is 2.11 bits per heavy atom. The third-order valence-corrected chi connectivity index (χ3v) is 4.54. The van der Waals surface area contributed by atoms with Gasteiger partial charge >= 0.3 is 0 Å². The van der Waals surface area contributed by atoms with Crippen molar-refractivity contribution in [3.8, 4) is 0 Å². The van der Waals surface area contributed by atoms with Gasteiger partial charge in [-0.2, -0.15) is 0 Å². The highest BCUT2D eigenvalue weighted by Crippen LogP contribution is 2.26. The summed E-state index contributed by atoms with van der Waals surface area (Å²) in [5, 5.41) is 1.57. The average Bonchev–Trinajstić information content (AvgIpc) is 2.73. The van der Waals surface area contributed by atoms with E-state index < -0.39 is 0 Å². The highest BCUT2D eigenvalue weighted by molar-refractivity contribution is 9.09. The van der Waals surface area contributed by atoms with Gasteiger partial charge in [-0.15, -0.1) is 0 Å². The number of benzene rings is 1. The van der Waals surface area contributed by atoms with E-state index in [2.05, 4.69) is 22.9 Å². The molecular formula is C14H17BrClNO. The van der Waals surface area contributed by atoms with Crippen molar-refractivity contribution in [1.29, 1.82) is 0 Å². The second kappa shape index (κ2) is 6.07. The lowest BCUT2D eigenvalue weighted by Gasteiger charge is -2.25. The molecular weight excluding hydrogens is 314 g/mol. The Balaban J connectivity index is 2.01. The number of halogens is 2. The van der Waals surface area contributed by atoms with Gasteiger partial charge in [-0.05, 0) is 30.0 Å². The second-order valence-corrected chi connectivity index (χ2v) is 5.96. The lowest BCUT2D eigenvalue weighted by Crippen LogP contribution is -2.39. The van der Waals surface area contributed by atoms with Crippen LogP contribution in [0.25, 0.3) is 0 Å². The number of hydrogen-bond donors (Lipinski definition) is 0. The molecule has 4 heteroatoms. The highest BCUT2D eigenvalue weighted by atomic mass is 79.9. The first-order valence-electron chi connectivity index (χ1n) is 6.21. The number of amides is 1. The molecule has 1 saturated heterocycles. The SMILES string of the molecule is CC1CCN(C(=O)Cc2ccc(Cl)cc2)C1CBr. The largest absolute Gasteiger partial charge is 0.338 e. The average molecular weight is 331 g/mol. The fraction of sp³-hybridized carbons (Fsp3) is 0.500. The van der Waals surface area contributed by atoms with E-state index in [-0.39, 0.29) is 5.91 Å². The van der Waals surface area contributed by atoms with Crippen LogP contribution in [0.3, 0.4) is 0 Å². The van der Waals surface area contributed by atoms with E-state index in [4.69, 9.17) is 11.6 Å². The van der Waals surface area contributed by atoms with Crippen molar-refractivity contribution in [2.24, 2.45) is 5.92 Å². The molecule has 0 saturated carbocycles. The maximum atomic E-state index is 12.3. The molecule has 1 aromatic rings. The predicted molar refractivity (Wildman–Crippen MR) is 78.2 cm³/mol. The molecule has 0 bridgehead atoms. The molecule has 1 aliphatic heterocycles. The zero-order valence-electron chi connectivity index (χ0n) is 10.4. The molecule has 1 fully saturated rings. The Kier molecular flexibility index (Phi) is 4.68. The van der Waals surface area contributed by atoms with Crippen molar-refractivity contribution in [3.63, 3.8) is 0 Å². The molecule has 0 N–H and O–H groups in total. The number of likely N-dealkylation sites (tertiary alicyclic amines) is 1. The van der Waals surface area contributed by atoms with E-state index in [9.17, 15) is 4.79 Å². The van der Waals surface area contributed by atoms with Crippen LogP contribution in [-0.4, -0.2) is 28.7 Å². The molecule has 1 aliphatic rings. The lowest BCUT2D eigenvalue weighted by molar-refractivity contribution is -0.131. The Morgan fingerprint density at radius 1 is 1.44 bits per heavy atom. The van der Waals surface area contributed by atoms with E-state index >= 15 is 0 Å². The molecule has 1 aromatic carbocycles. The van der Waals surface area contributed by atoms with Crippen molar-refractivity contribution >= 4 is 33.4 Å². The van der Waals surface area contributed by atoms with Crippen LogP contribution in [0, 0.1) is 5.92 Å². The molecule has 2 rings (SSSR count). The molecule has 0 aromatic heterocycles. The zero-order valence-corrected chi connectivity index (χ0v) is 12.7. The Bertz CT molecular complexity index is 420. The van der Waals surface area contributed by atoms with Gasteiger partial charge in [-0.25, -0.2) is 0 Å². The van der Waals surface area contributed by atoms with Gasteiger partial charge in [0.1, 0.15) is 0 Å². The summed E-state index contributed by atoms with van der Waals surface area (Å²) in [6, 6.07) is 7.84. The fourth-order valence-corrected chi connectivity index (χ4v) is 3.55. The van der Waals surface area contributed by atoms with Crippen molar-refractivity contribution < 1.29 is 4.79 Å². The Hall–Kier alpha value is -0.540. The summed E-state index contributed by atoms with van der Waals surface area (Å²) >= 11 is 9.35. The molecule has 2 nitrogen and oxygen atoms in total. The smallest absolute Gasteiger partial charge is 0.227 e. The topological polar surface area (TPSA) is 20.3 Å². The van der Waals surface area contributed by atoms with Gasteiger partial charge in [0, 0.05) is 22.9 Å². The summed E-state index contributed by atoms with van der Waals surface area (Å²) in [5.41, 5.74) is 1.03. The number of nitrogens with zero attached hydrogens (tertiary/aromatic N) is 1. The number of alkyl halides is 1. The van der Waals surface area contributed by atoms with Crippen LogP contribution >= 0.6 is 27.5 Å². The van der Waals surface area contributed by atoms with E-state index in [0.717, 1.165) is 23.9 Å². The second-order valence-electron chi connectivity index (χ2n) is 4.88. The standard InChI is InChI=1S/C14H17BrClNO/c1-10-6-7-17(13(10)9-15)14(18)8-11-2-4-12(16)5-3-11/h2-5,10,13H,6-9H2,1H3. The summed E-state index contributed by atoms with van der Waals surface area (Å²) in [4.78, 5) is 14.3. The Labute approximate surface area is 121 Å². The van der Waals surface area contributed by atoms with Crippen molar-refractivity contribution in [2.45, 2.75) is 25.8 Å². The van der Waals surface area contributed by atoms with Crippen LogP contribution in [0.5, 0.6) is 0 Å². The molecule has 18 heavy (non-hydrogen) atoms. The van der Waals surface area contributed by atoms with Crippen molar-refractivity contribution in [1.82, 2.24) is 4.90 Å². The molecule has 0 radical (unpaired) electrons. The Morgan fingerprint density at radius 3 is 2.72 bits per heavy atom.